The molecule has 1 unspecified atom stereocenters. The maximum atomic E-state index is 13.4. The Bertz CT molecular complexity index is 1480. The van der Waals surface area contributed by atoms with Gasteiger partial charge in [0.1, 0.15) is 5.75 Å². The monoisotopic (exact) mass is 612 g/mol. The molecule has 9 heteroatoms. The van der Waals surface area contributed by atoms with Gasteiger partial charge in [0, 0.05) is 51.1 Å². The van der Waals surface area contributed by atoms with Crippen LogP contribution < -0.4 is 14.4 Å². The number of halogens is 1. The Morgan fingerprint density at radius 1 is 1.14 bits per heavy atom. The van der Waals surface area contributed by atoms with Crippen LogP contribution in [0.5, 0.6) is 5.75 Å². The molecule has 2 aromatic rings. The van der Waals surface area contributed by atoms with Crippen LogP contribution in [-0.2, 0) is 31.0 Å². The average Bonchev–Trinajstić information content (AvgIpc) is 3.09. The largest absolute Gasteiger partial charge is 0.490 e. The molecule has 3 aliphatic heterocycles. The number of hydrogen-bond donors (Lipinski definition) is 1. The van der Waals surface area contributed by atoms with E-state index in [9.17, 15) is 9.00 Å². The number of nitrogens with zero attached hydrogens (tertiary/aromatic N) is 1. The van der Waals surface area contributed by atoms with Gasteiger partial charge in [0.2, 0.25) is 0 Å². The van der Waals surface area contributed by atoms with Gasteiger partial charge in [-0.3, -0.25) is 9.52 Å². The summed E-state index contributed by atoms with van der Waals surface area (Å²) < 4.78 is 35.3. The molecule has 0 aromatic heterocycles. The Morgan fingerprint density at radius 2 is 2.02 bits per heavy atom. The first-order valence-corrected chi connectivity index (χ1v) is 17.7. The Morgan fingerprint density at radius 3 is 2.86 bits per heavy atom. The van der Waals surface area contributed by atoms with Crippen LogP contribution in [0.3, 0.4) is 0 Å². The zero-order valence-electron chi connectivity index (χ0n) is 24.3. The molecular weight excluding hydrogens is 572 g/mol. The van der Waals surface area contributed by atoms with Crippen LogP contribution in [0, 0.1) is 17.8 Å². The summed E-state index contributed by atoms with van der Waals surface area (Å²) in [6.45, 7) is 5.34. The van der Waals surface area contributed by atoms with Gasteiger partial charge >= 0.3 is 0 Å². The molecule has 7 nitrogen and oxygen atoms in total. The maximum absolute atomic E-state index is 13.4. The third-order valence-electron chi connectivity index (χ3n) is 10.4. The summed E-state index contributed by atoms with van der Waals surface area (Å²) >= 11 is 6.42. The second-order valence-corrected chi connectivity index (χ2v) is 15.9. The Balaban J connectivity index is 1.28. The van der Waals surface area contributed by atoms with Crippen LogP contribution in [0.2, 0.25) is 5.02 Å². The van der Waals surface area contributed by atoms with Crippen LogP contribution in [0.15, 0.2) is 36.4 Å². The molecule has 0 radical (unpaired) electrons. The molecule has 1 saturated carbocycles. The molecule has 2 aliphatic carbocycles. The third-order valence-corrected chi connectivity index (χ3v) is 12.0. The number of ether oxygens (including phenoxy) is 3. The van der Waals surface area contributed by atoms with Crippen molar-refractivity contribution in [2.45, 2.75) is 63.1 Å². The predicted molar refractivity (Wildman–Crippen MR) is 167 cm³/mol. The molecule has 2 fully saturated rings. The second-order valence-electron chi connectivity index (χ2n) is 13.2. The van der Waals surface area contributed by atoms with Gasteiger partial charge in [-0.1, -0.05) is 24.6 Å². The summed E-state index contributed by atoms with van der Waals surface area (Å²) in [6, 6.07) is 11.9. The van der Waals surface area contributed by atoms with Gasteiger partial charge in [0.25, 0.3) is 5.91 Å². The SMILES string of the molecule is C=S1(=O)CCO[C@@H]2C[C@@H](OC[C@H]2C)[C@@H]2CC[C@H]2CN2C[C@@]3(CCCc4cc(Cl)ccc43)COc3ccc(cc32)C(=O)N1. The van der Waals surface area contributed by atoms with Crippen molar-refractivity contribution in [1.82, 2.24) is 4.72 Å². The molecule has 1 N–H and O–H groups in total. The number of benzene rings is 2. The van der Waals surface area contributed by atoms with Crippen LogP contribution in [-0.4, -0.2) is 66.9 Å². The standard InChI is InChI=1S/C33H41ClN2O5S/c1-21-18-40-31-16-30(21)39-12-13-42(2,38)35-32(37)23-6-10-29-28(15-23)36(17-24-5-8-26(24)31)19-33(20-41-29)11-3-4-22-14-25(34)7-9-27(22)33/h6-7,9-10,14-15,21,24,26,30-31H,2-5,8,11-13,16-20H2,1H3,(H,35,37,38)/t21-,24+,26-,30-,31-,33+,42?/m1/s1. The van der Waals surface area contributed by atoms with E-state index in [-0.39, 0.29) is 35.2 Å². The molecule has 7 atom stereocenters. The first kappa shape index (κ1) is 28.5. The highest BCUT2D eigenvalue weighted by Gasteiger charge is 2.46. The molecule has 3 heterocycles. The Hall–Kier alpha value is -2.26. The number of hydrogen-bond acceptors (Lipinski definition) is 6. The lowest BCUT2D eigenvalue weighted by Gasteiger charge is -2.48. The van der Waals surface area contributed by atoms with E-state index in [1.165, 1.54) is 11.1 Å². The summed E-state index contributed by atoms with van der Waals surface area (Å²) in [7, 11) is -2.87. The second kappa shape index (κ2) is 11.0. The van der Waals surface area contributed by atoms with Gasteiger partial charge < -0.3 is 19.1 Å². The molecule has 1 amide bonds. The van der Waals surface area contributed by atoms with Crippen LogP contribution in [0.25, 0.3) is 0 Å². The lowest BCUT2D eigenvalue weighted by molar-refractivity contribution is -0.139. The summed E-state index contributed by atoms with van der Waals surface area (Å²) in [4.78, 5) is 15.8. The Labute approximate surface area is 254 Å². The third kappa shape index (κ3) is 5.33. The van der Waals surface area contributed by atoms with Crippen molar-refractivity contribution in [3.8, 4) is 5.75 Å². The zero-order chi connectivity index (χ0) is 29.1. The highest BCUT2D eigenvalue weighted by Crippen LogP contribution is 2.47. The number of aryl methyl sites for hydroxylation is 1. The molecule has 226 valence electrons. The molecule has 42 heavy (non-hydrogen) atoms. The van der Waals surface area contributed by atoms with Gasteiger partial charge in [-0.2, -0.15) is 0 Å². The normalized spacial score (nSPS) is 36.5. The average molecular weight is 613 g/mol. The van der Waals surface area contributed by atoms with Crippen molar-refractivity contribution in [2.75, 3.05) is 43.6 Å². The first-order valence-electron chi connectivity index (χ1n) is 15.4. The van der Waals surface area contributed by atoms with Crippen LogP contribution in [0.4, 0.5) is 5.69 Å². The fraction of sp³-hybridized carbons (Fsp3) is 0.576. The maximum Gasteiger partial charge on any atom is 0.262 e. The summed E-state index contributed by atoms with van der Waals surface area (Å²) in [5.41, 5.74) is 3.82. The smallest absolute Gasteiger partial charge is 0.262 e. The summed E-state index contributed by atoms with van der Waals surface area (Å²) in [6.07, 6.45) is 6.47. The van der Waals surface area contributed by atoms with Gasteiger partial charge in [0.15, 0.2) is 0 Å². The molecule has 5 aliphatic rings. The number of rotatable bonds is 0. The fourth-order valence-electron chi connectivity index (χ4n) is 7.91. The predicted octanol–water partition coefficient (Wildman–Crippen LogP) is 5.02. The molecule has 2 aromatic carbocycles. The number of carbonyl (C=O) groups excluding carboxylic acids is 1. The number of anilines is 1. The molecule has 7 rings (SSSR count). The molecule has 1 saturated heterocycles. The minimum atomic E-state index is -2.87. The molecule has 1 spiro atoms. The van der Waals surface area contributed by atoms with E-state index in [4.69, 9.17) is 25.8 Å². The number of nitrogens with one attached hydrogen (secondary N) is 1. The number of amides is 1. The summed E-state index contributed by atoms with van der Waals surface area (Å²) in [5, 5.41) is 0.771. The van der Waals surface area contributed by atoms with E-state index < -0.39 is 9.71 Å². The van der Waals surface area contributed by atoms with Crippen LogP contribution >= 0.6 is 11.6 Å². The van der Waals surface area contributed by atoms with Gasteiger partial charge in [-0.25, -0.2) is 4.21 Å². The van der Waals surface area contributed by atoms with Crippen molar-refractivity contribution in [1.29, 1.82) is 0 Å². The van der Waals surface area contributed by atoms with Crippen molar-refractivity contribution in [3.05, 3.63) is 58.1 Å². The van der Waals surface area contributed by atoms with E-state index in [2.05, 4.69) is 34.5 Å². The van der Waals surface area contributed by atoms with Crippen molar-refractivity contribution in [3.63, 3.8) is 0 Å². The fourth-order valence-corrected chi connectivity index (χ4v) is 9.02. The number of carbonyl (C=O) groups is 1. The lowest BCUT2D eigenvalue weighted by Crippen LogP contribution is -2.51. The minimum absolute atomic E-state index is 0.0450. The van der Waals surface area contributed by atoms with E-state index in [1.54, 1.807) is 6.07 Å². The quantitative estimate of drug-likeness (QED) is 0.421. The number of fused-ring (bicyclic) bond motifs is 7. The van der Waals surface area contributed by atoms with E-state index in [0.717, 1.165) is 68.1 Å². The first-order chi connectivity index (χ1) is 20.2. The van der Waals surface area contributed by atoms with Gasteiger partial charge in [-0.15, -0.1) is 0 Å². The molecular formula is C33H41ClN2O5S. The van der Waals surface area contributed by atoms with Gasteiger partial charge in [0.05, 0.1) is 43.5 Å². The molecule has 4 bridgehead atoms. The van der Waals surface area contributed by atoms with Gasteiger partial charge in [-0.05, 0) is 91.3 Å². The van der Waals surface area contributed by atoms with Crippen molar-refractivity contribution >= 4 is 38.8 Å². The van der Waals surface area contributed by atoms with Crippen LogP contribution in [0.1, 0.15) is 60.5 Å². The van der Waals surface area contributed by atoms with E-state index >= 15 is 0 Å². The lowest BCUT2D eigenvalue weighted by atomic mass is 9.67. The topological polar surface area (TPSA) is 77.1 Å². The van der Waals surface area contributed by atoms with Crippen molar-refractivity contribution < 1.29 is 23.2 Å². The zero-order valence-corrected chi connectivity index (χ0v) is 25.9. The van der Waals surface area contributed by atoms with E-state index in [1.807, 2.05) is 18.2 Å². The Kier molecular flexibility index (Phi) is 7.48. The highest BCUT2D eigenvalue weighted by atomic mass is 35.5. The minimum Gasteiger partial charge on any atom is -0.490 e. The van der Waals surface area contributed by atoms with E-state index in [0.29, 0.717) is 37.2 Å². The van der Waals surface area contributed by atoms with Crippen molar-refractivity contribution in [2.24, 2.45) is 17.8 Å². The summed E-state index contributed by atoms with van der Waals surface area (Å²) in [5.74, 6) is 5.63. The highest BCUT2D eigenvalue weighted by molar-refractivity contribution is 7.99.